The zero-order valence-corrected chi connectivity index (χ0v) is 10.1. The second-order valence-electron chi connectivity index (χ2n) is 3.71. The van der Waals surface area contributed by atoms with Gasteiger partial charge in [0.2, 0.25) is 0 Å². The highest BCUT2D eigenvalue weighted by molar-refractivity contribution is 7.50. The first-order valence-electron chi connectivity index (χ1n) is 4.70. The second kappa shape index (κ2) is 4.80. The summed E-state index contributed by atoms with van der Waals surface area (Å²) in [6.45, 7) is 2.22. The molecule has 0 aliphatic rings. The molecule has 1 unspecified atom stereocenters. The average Bonchev–Trinajstić information content (AvgIpc) is 2.11. The third kappa shape index (κ3) is 4.50. The number of hydrogen-bond donors (Lipinski definition) is 0. The molecule has 0 aliphatic heterocycles. The van der Waals surface area contributed by atoms with Gasteiger partial charge in [-0.15, -0.1) is 0 Å². The lowest BCUT2D eigenvalue weighted by Crippen LogP contribution is -2.24. The average molecular weight is 267 g/mol. The third-order valence-corrected chi connectivity index (χ3v) is 2.53. The molecule has 0 bridgehead atoms. The summed E-state index contributed by atoms with van der Waals surface area (Å²) in [5.41, 5.74) is 0.368. The largest absolute Gasteiger partial charge is 0.779 e. The minimum atomic E-state index is -4.77. The molecular weight excluding hydrogens is 256 g/mol. The molecule has 0 heterocycles. The number of halogens is 3. The second-order valence-corrected chi connectivity index (χ2v) is 5.47. The molecule has 96 valence electrons. The van der Waals surface area contributed by atoms with Crippen LogP contribution in [0.4, 0.5) is 13.2 Å². The van der Waals surface area contributed by atoms with Crippen LogP contribution in [0.1, 0.15) is 17.2 Å². The van der Waals surface area contributed by atoms with Gasteiger partial charge in [-0.3, -0.25) is 0 Å². The van der Waals surface area contributed by atoms with Crippen LogP contribution in [0.2, 0.25) is 0 Å². The van der Waals surface area contributed by atoms with E-state index in [1.165, 1.54) is 18.2 Å². The van der Waals surface area contributed by atoms with E-state index in [1.54, 1.807) is 13.0 Å². The maximum absolute atomic E-state index is 12.7. The SMILES string of the molecule is Cc1cccc([C@H](OP(C)(=O)[O-])C(F)(F)F)c1. The monoisotopic (exact) mass is 267 g/mol. The van der Waals surface area contributed by atoms with E-state index < -0.39 is 19.9 Å². The summed E-state index contributed by atoms with van der Waals surface area (Å²) in [6, 6.07) is 5.45. The van der Waals surface area contributed by atoms with Gasteiger partial charge in [0.05, 0.1) is 0 Å². The lowest BCUT2D eigenvalue weighted by atomic mass is 10.1. The minimum Gasteiger partial charge on any atom is -0.779 e. The Hall–Kier alpha value is -0.840. The van der Waals surface area contributed by atoms with E-state index >= 15 is 0 Å². The van der Waals surface area contributed by atoms with Crippen LogP contribution < -0.4 is 4.89 Å². The third-order valence-electron chi connectivity index (χ3n) is 1.94. The van der Waals surface area contributed by atoms with E-state index in [0.717, 1.165) is 0 Å². The molecule has 17 heavy (non-hydrogen) atoms. The summed E-state index contributed by atoms with van der Waals surface area (Å²) in [4.78, 5) is 10.9. The van der Waals surface area contributed by atoms with Crippen molar-refractivity contribution < 1.29 is 27.2 Å². The van der Waals surface area contributed by atoms with Gasteiger partial charge >= 0.3 is 6.18 Å². The van der Waals surface area contributed by atoms with E-state index in [9.17, 15) is 22.6 Å². The fourth-order valence-corrected chi connectivity index (χ4v) is 1.96. The van der Waals surface area contributed by atoms with Crippen molar-refractivity contribution in [2.24, 2.45) is 0 Å². The molecule has 1 rings (SSSR count). The molecule has 0 radical (unpaired) electrons. The Balaban J connectivity index is 3.12. The molecule has 2 atom stereocenters. The Morgan fingerprint density at radius 2 is 2.00 bits per heavy atom. The Bertz CT molecular complexity index is 439. The molecule has 0 saturated carbocycles. The van der Waals surface area contributed by atoms with Crippen molar-refractivity contribution in [3.63, 3.8) is 0 Å². The van der Waals surface area contributed by atoms with Crippen LogP contribution in [0.5, 0.6) is 0 Å². The molecule has 0 spiro atoms. The molecule has 7 heteroatoms. The summed E-state index contributed by atoms with van der Waals surface area (Å²) >= 11 is 0. The van der Waals surface area contributed by atoms with Crippen LogP contribution >= 0.6 is 7.60 Å². The van der Waals surface area contributed by atoms with Gasteiger partial charge in [0.25, 0.3) is 0 Å². The predicted molar refractivity (Wildman–Crippen MR) is 54.6 cm³/mol. The fraction of sp³-hybridized carbons (Fsp3) is 0.400. The summed E-state index contributed by atoms with van der Waals surface area (Å²) in [7, 11) is -4.47. The highest BCUT2D eigenvalue weighted by Crippen LogP contribution is 2.46. The number of alkyl halides is 3. The summed E-state index contributed by atoms with van der Waals surface area (Å²) in [5.74, 6) is 0. The van der Waals surface area contributed by atoms with Crippen LogP contribution in [-0.2, 0) is 9.09 Å². The van der Waals surface area contributed by atoms with Gasteiger partial charge in [-0.2, -0.15) is 13.2 Å². The molecule has 0 aromatic heterocycles. The lowest BCUT2D eigenvalue weighted by Gasteiger charge is -2.27. The molecule has 0 fully saturated rings. The van der Waals surface area contributed by atoms with Crippen LogP contribution in [0.3, 0.4) is 0 Å². The minimum absolute atomic E-state index is 0.226. The molecule has 0 amide bonds. The number of aryl methyl sites for hydroxylation is 1. The van der Waals surface area contributed by atoms with Crippen molar-refractivity contribution in [1.82, 2.24) is 0 Å². The van der Waals surface area contributed by atoms with Crippen molar-refractivity contribution in [2.75, 3.05) is 6.66 Å². The smallest absolute Gasteiger partial charge is 0.419 e. The van der Waals surface area contributed by atoms with Gasteiger partial charge in [0, 0.05) is 6.66 Å². The molecule has 1 aromatic carbocycles. The molecule has 1 aromatic rings. The zero-order chi connectivity index (χ0) is 13.3. The molecular formula is C10H11F3O3P-. The van der Waals surface area contributed by atoms with Crippen LogP contribution in [0, 0.1) is 6.92 Å². The van der Waals surface area contributed by atoms with Gasteiger partial charge in [0.1, 0.15) is 7.60 Å². The maximum Gasteiger partial charge on any atom is 0.419 e. The molecule has 0 saturated heterocycles. The quantitative estimate of drug-likeness (QED) is 0.791. The predicted octanol–water partition coefficient (Wildman–Crippen LogP) is 2.80. The lowest BCUT2D eigenvalue weighted by molar-refractivity contribution is -0.239. The van der Waals surface area contributed by atoms with E-state index in [1.807, 2.05) is 0 Å². The first-order chi connectivity index (χ1) is 7.59. The van der Waals surface area contributed by atoms with Crippen molar-refractivity contribution in [3.8, 4) is 0 Å². The molecule has 0 aliphatic carbocycles. The highest BCUT2D eigenvalue weighted by atomic mass is 31.2. The Morgan fingerprint density at radius 3 is 2.41 bits per heavy atom. The number of rotatable bonds is 3. The number of hydrogen-bond acceptors (Lipinski definition) is 3. The van der Waals surface area contributed by atoms with Crippen molar-refractivity contribution in [1.29, 1.82) is 0 Å². The van der Waals surface area contributed by atoms with Gasteiger partial charge in [-0.1, -0.05) is 29.8 Å². The number of benzene rings is 1. The van der Waals surface area contributed by atoms with Crippen LogP contribution in [0.15, 0.2) is 24.3 Å². The highest BCUT2D eigenvalue weighted by Gasteiger charge is 2.43. The molecule has 0 N–H and O–H groups in total. The fourth-order valence-electron chi connectivity index (χ4n) is 1.33. The zero-order valence-electron chi connectivity index (χ0n) is 9.19. The first kappa shape index (κ1) is 14.2. The van der Waals surface area contributed by atoms with E-state index in [2.05, 4.69) is 4.52 Å². The topological polar surface area (TPSA) is 49.4 Å². The normalized spacial score (nSPS) is 17.5. The van der Waals surface area contributed by atoms with Crippen molar-refractivity contribution in [3.05, 3.63) is 35.4 Å². The summed E-state index contributed by atoms with van der Waals surface area (Å²) < 4.78 is 53.0. The molecule has 3 nitrogen and oxygen atoms in total. The summed E-state index contributed by atoms with van der Waals surface area (Å²) in [5, 5.41) is 0. The maximum atomic E-state index is 12.7. The van der Waals surface area contributed by atoms with Gasteiger partial charge in [-0.05, 0) is 12.5 Å². The van der Waals surface area contributed by atoms with Gasteiger partial charge in [-0.25, -0.2) is 0 Å². The van der Waals surface area contributed by atoms with E-state index in [0.29, 0.717) is 12.2 Å². The van der Waals surface area contributed by atoms with Gasteiger partial charge in [0.15, 0.2) is 6.10 Å². The van der Waals surface area contributed by atoms with Crippen LogP contribution in [0.25, 0.3) is 0 Å². The first-order valence-corrected chi connectivity index (χ1v) is 6.69. The Labute approximate surface area is 96.8 Å². The Morgan fingerprint density at radius 1 is 1.41 bits per heavy atom. The van der Waals surface area contributed by atoms with E-state index in [-0.39, 0.29) is 5.56 Å². The van der Waals surface area contributed by atoms with Gasteiger partial charge < -0.3 is 14.0 Å². The van der Waals surface area contributed by atoms with Crippen molar-refractivity contribution in [2.45, 2.75) is 19.2 Å². The van der Waals surface area contributed by atoms with Crippen LogP contribution in [-0.4, -0.2) is 12.8 Å². The standard InChI is InChI=1S/C10H12F3O3P/c1-7-4-3-5-8(6-7)9(10(11,12)13)16-17(2,14)15/h3-6,9H,1-2H3,(H,14,15)/p-1/t9-/m0/s1. The van der Waals surface area contributed by atoms with Crippen molar-refractivity contribution >= 4 is 7.60 Å². The Kier molecular flexibility index (Phi) is 4.02. The van der Waals surface area contributed by atoms with E-state index in [4.69, 9.17) is 0 Å². The summed E-state index contributed by atoms with van der Waals surface area (Å²) in [6.07, 6.45) is -7.22.